The van der Waals surface area contributed by atoms with Gasteiger partial charge < -0.3 is 21.7 Å². The molecule has 0 aromatic carbocycles. The zero-order valence-electron chi connectivity index (χ0n) is 13.4. The molecule has 0 saturated heterocycles. The Balaban J connectivity index is 1.86. The van der Waals surface area contributed by atoms with Crippen LogP contribution in [0, 0.1) is 6.92 Å². The van der Waals surface area contributed by atoms with Crippen molar-refractivity contribution >= 4 is 17.4 Å². The molecule has 1 aromatic rings. The van der Waals surface area contributed by atoms with Crippen molar-refractivity contribution in [1.82, 2.24) is 25.5 Å². The number of rotatable bonds is 13. The molecule has 22 heavy (non-hydrogen) atoms. The van der Waals surface area contributed by atoms with Gasteiger partial charge in [0.1, 0.15) is 4.88 Å². The van der Waals surface area contributed by atoms with Crippen molar-refractivity contribution in [2.75, 3.05) is 39.3 Å². The minimum Gasteiger partial charge on any atom is -0.351 e. The van der Waals surface area contributed by atoms with E-state index in [-0.39, 0.29) is 5.91 Å². The molecule has 8 heteroatoms. The molecule has 0 unspecified atom stereocenters. The van der Waals surface area contributed by atoms with Crippen molar-refractivity contribution in [3.63, 3.8) is 0 Å². The second kappa shape index (κ2) is 12.5. The topological polar surface area (TPSA) is 105 Å². The Kier molecular flexibility index (Phi) is 10.7. The molecule has 0 aliphatic heterocycles. The summed E-state index contributed by atoms with van der Waals surface area (Å²) >= 11 is 1.14. The normalized spacial score (nSPS) is 10.8. The standard InChI is InChI=1S/C14H28N6OS/c1-12-13(22-20-19-12)14(21)18-11-5-10-17-8-3-2-7-16-9-4-6-15/h16-17H,2-11,15H2,1H3,(H,18,21). The van der Waals surface area contributed by atoms with Crippen LogP contribution in [0.25, 0.3) is 0 Å². The Morgan fingerprint density at radius 2 is 1.68 bits per heavy atom. The molecule has 0 spiro atoms. The Hall–Kier alpha value is -1.09. The van der Waals surface area contributed by atoms with Gasteiger partial charge in [-0.2, -0.15) is 0 Å². The maximum atomic E-state index is 11.8. The van der Waals surface area contributed by atoms with Gasteiger partial charge in [-0.05, 0) is 76.9 Å². The smallest absolute Gasteiger partial charge is 0.264 e. The third-order valence-corrected chi connectivity index (χ3v) is 4.02. The van der Waals surface area contributed by atoms with Crippen LogP contribution in [0.1, 0.15) is 41.0 Å². The quantitative estimate of drug-likeness (QED) is 0.388. The lowest BCUT2D eigenvalue weighted by atomic mass is 10.3. The number of unbranched alkanes of at least 4 members (excludes halogenated alkanes) is 1. The van der Waals surface area contributed by atoms with Crippen LogP contribution in [0.2, 0.25) is 0 Å². The first-order chi connectivity index (χ1) is 10.8. The number of hydrogen-bond donors (Lipinski definition) is 4. The Bertz CT molecular complexity index is 412. The summed E-state index contributed by atoms with van der Waals surface area (Å²) in [5.74, 6) is -0.0731. The van der Waals surface area contributed by atoms with E-state index in [0.717, 1.165) is 63.5 Å². The highest BCUT2D eigenvalue weighted by atomic mass is 32.1. The molecule has 1 rings (SSSR count). The number of nitrogens with two attached hydrogens (primary N) is 1. The molecule has 0 aliphatic carbocycles. The van der Waals surface area contributed by atoms with Crippen LogP contribution in [0.4, 0.5) is 0 Å². The van der Waals surface area contributed by atoms with Crippen molar-refractivity contribution in [3.05, 3.63) is 10.6 Å². The number of carbonyl (C=O) groups excluding carboxylic acids is 1. The molecule has 126 valence electrons. The summed E-state index contributed by atoms with van der Waals surface area (Å²) in [4.78, 5) is 12.4. The lowest BCUT2D eigenvalue weighted by Gasteiger charge is -2.06. The first-order valence-corrected chi connectivity index (χ1v) is 8.71. The molecular formula is C14H28N6OS. The van der Waals surface area contributed by atoms with E-state index < -0.39 is 0 Å². The van der Waals surface area contributed by atoms with E-state index in [1.807, 2.05) is 0 Å². The lowest BCUT2D eigenvalue weighted by Crippen LogP contribution is -2.27. The van der Waals surface area contributed by atoms with Gasteiger partial charge in [0, 0.05) is 6.54 Å². The van der Waals surface area contributed by atoms with E-state index in [2.05, 4.69) is 25.5 Å². The number of amides is 1. The van der Waals surface area contributed by atoms with Crippen LogP contribution in [-0.2, 0) is 0 Å². The Labute approximate surface area is 136 Å². The molecule has 5 N–H and O–H groups in total. The molecule has 0 saturated carbocycles. The predicted octanol–water partition coefficient (Wildman–Crippen LogP) is 0.275. The zero-order valence-corrected chi connectivity index (χ0v) is 14.2. The van der Waals surface area contributed by atoms with Gasteiger partial charge in [-0.1, -0.05) is 4.49 Å². The molecule has 1 aromatic heterocycles. The number of aromatic nitrogens is 2. The van der Waals surface area contributed by atoms with Gasteiger partial charge in [0.25, 0.3) is 5.91 Å². The Morgan fingerprint density at radius 1 is 1.05 bits per heavy atom. The number of nitrogens with one attached hydrogen (secondary N) is 3. The van der Waals surface area contributed by atoms with E-state index in [9.17, 15) is 4.79 Å². The van der Waals surface area contributed by atoms with Crippen LogP contribution >= 0.6 is 11.5 Å². The minimum atomic E-state index is -0.0731. The van der Waals surface area contributed by atoms with Crippen molar-refractivity contribution in [2.24, 2.45) is 5.73 Å². The summed E-state index contributed by atoms with van der Waals surface area (Å²) in [5.41, 5.74) is 6.12. The van der Waals surface area contributed by atoms with E-state index in [0.29, 0.717) is 17.1 Å². The average Bonchev–Trinajstić information content (AvgIpc) is 2.94. The van der Waals surface area contributed by atoms with Gasteiger partial charge in [0.2, 0.25) is 0 Å². The molecule has 0 radical (unpaired) electrons. The highest BCUT2D eigenvalue weighted by molar-refractivity contribution is 7.07. The third kappa shape index (κ3) is 8.38. The van der Waals surface area contributed by atoms with Gasteiger partial charge in [0.05, 0.1) is 5.69 Å². The molecule has 0 atom stereocenters. The fraction of sp³-hybridized carbons (Fsp3) is 0.786. The molecule has 1 heterocycles. The van der Waals surface area contributed by atoms with Crippen LogP contribution < -0.4 is 21.7 Å². The second-order valence-electron chi connectivity index (χ2n) is 5.15. The monoisotopic (exact) mass is 328 g/mol. The van der Waals surface area contributed by atoms with Crippen LogP contribution in [0.3, 0.4) is 0 Å². The van der Waals surface area contributed by atoms with Gasteiger partial charge in [-0.3, -0.25) is 4.79 Å². The van der Waals surface area contributed by atoms with Crippen LogP contribution in [-0.4, -0.2) is 54.8 Å². The molecule has 1 amide bonds. The molecule has 0 aliphatic rings. The highest BCUT2D eigenvalue weighted by Crippen LogP contribution is 2.07. The van der Waals surface area contributed by atoms with E-state index >= 15 is 0 Å². The summed E-state index contributed by atoms with van der Waals surface area (Å²) in [5, 5.41) is 13.5. The Morgan fingerprint density at radius 3 is 2.27 bits per heavy atom. The predicted molar refractivity (Wildman–Crippen MR) is 90.2 cm³/mol. The first kappa shape index (κ1) is 19.0. The third-order valence-electron chi connectivity index (χ3n) is 3.19. The summed E-state index contributed by atoms with van der Waals surface area (Å²) in [6.45, 7) is 7.22. The minimum absolute atomic E-state index is 0.0731. The van der Waals surface area contributed by atoms with Crippen LogP contribution in [0.5, 0.6) is 0 Å². The summed E-state index contributed by atoms with van der Waals surface area (Å²) in [6.07, 6.45) is 4.30. The summed E-state index contributed by atoms with van der Waals surface area (Å²) < 4.78 is 3.76. The number of hydrogen-bond acceptors (Lipinski definition) is 7. The first-order valence-electron chi connectivity index (χ1n) is 7.94. The SMILES string of the molecule is Cc1nnsc1C(=O)NCCCNCCCCNCCCN. The zero-order chi connectivity index (χ0) is 16.0. The van der Waals surface area contributed by atoms with E-state index in [1.165, 1.54) is 6.42 Å². The average molecular weight is 328 g/mol. The fourth-order valence-electron chi connectivity index (χ4n) is 1.91. The molecular weight excluding hydrogens is 300 g/mol. The van der Waals surface area contributed by atoms with E-state index in [4.69, 9.17) is 5.73 Å². The lowest BCUT2D eigenvalue weighted by molar-refractivity contribution is 0.0956. The van der Waals surface area contributed by atoms with Gasteiger partial charge in [0.15, 0.2) is 0 Å². The maximum Gasteiger partial charge on any atom is 0.264 e. The summed E-state index contributed by atoms with van der Waals surface area (Å²) in [7, 11) is 0. The highest BCUT2D eigenvalue weighted by Gasteiger charge is 2.11. The summed E-state index contributed by atoms with van der Waals surface area (Å²) in [6, 6.07) is 0. The van der Waals surface area contributed by atoms with Crippen molar-refractivity contribution < 1.29 is 4.79 Å². The number of aryl methyl sites for hydroxylation is 1. The number of nitrogens with zero attached hydrogens (tertiary/aromatic N) is 2. The van der Waals surface area contributed by atoms with Crippen molar-refractivity contribution in [3.8, 4) is 0 Å². The molecule has 0 bridgehead atoms. The van der Waals surface area contributed by atoms with Gasteiger partial charge in [-0.15, -0.1) is 5.10 Å². The maximum absolute atomic E-state index is 11.8. The number of carbonyl (C=O) groups is 1. The fourth-order valence-corrected chi connectivity index (χ4v) is 2.49. The van der Waals surface area contributed by atoms with Crippen LogP contribution in [0.15, 0.2) is 0 Å². The molecule has 7 nitrogen and oxygen atoms in total. The largest absolute Gasteiger partial charge is 0.351 e. The second-order valence-corrected chi connectivity index (χ2v) is 5.90. The van der Waals surface area contributed by atoms with Crippen molar-refractivity contribution in [1.29, 1.82) is 0 Å². The van der Waals surface area contributed by atoms with E-state index in [1.54, 1.807) is 6.92 Å². The van der Waals surface area contributed by atoms with Gasteiger partial charge in [-0.25, -0.2) is 0 Å². The van der Waals surface area contributed by atoms with Gasteiger partial charge >= 0.3 is 0 Å². The molecule has 0 fully saturated rings. The van der Waals surface area contributed by atoms with Crippen molar-refractivity contribution in [2.45, 2.75) is 32.6 Å².